The van der Waals surface area contributed by atoms with Gasteiger partial charge in [0.25, 0.3) is 0 Å². The van der Waals surface area contributed by atoms with Crippen molar-refractivity contribution in [2.75, 3.05) is 13.2 Å². The molecule has 0 bridgehead atoms. The summed E-state index contributed by atoms with van der Waals surface area (Å²) >= 11 is 6.31. The topological polar surface area (TPSA) is 40.6 Å². The fraction of sp³-hybridized carbons (Fsp3) is 0.643. The first-order valence-electron chi connectivity index (χ1n) is 6.90. The number of nitrogens with zero attached hydrogens (tertiary/aromatic N) is 1. The lowest BCUT2D eigenvalue weighted by molar-refractivity contribution is 0.00578. The van der Waals surface area contributed by atoms with E-state index in [2.05, 4.69) is 4.98 Å². The van der Waals surface area contributed by atoms with E-state index >= 15 is 0 Å². The van der Waals surface area contributed by atoms with Gasteiger partial charge >= 0.3 is 7.12 Å². The summed E-state index contributed by atoms with van der Waals surface area (Å²) < 4.78 is 17.2. The highest BCUT2D eigenvalue weighted by Crippen LogP contribution is 2.37. The maximum absolute atomic E-state index is 6.31. The molecule has 0 aliphatic carbocycles. The molecule has 2 fully saturated rings. The Kier molecular flexibility index (Phi) is 3.37. The summed E-state index contributed by atoms with van der Waals surface area (Å²) in [6, 6.07) is 3.94. The third-order valence-corrected chi connectivity index (χ3v) is 4.77. The van der Waals surface area contributed by atoms with Crippen molar-refractivity contribution in [2.45, 2.75) is 44.8 Å². The van der Waals surface area contributed by atoms with Crippen LogP contribution in [0.5, 0.6) is 0 Å². The van der Waals surface area contributed by atoms with E-state index in [9.17, 15) is 0 Å². The summed E-state index contributed by atoms with van der Waals surface area (Å²) in [5.41, 5.74) is 1.01. The van der Waals surface area contributed by atoms with Gasteiger partial charge in [-0.05, 0) is 33.8 Å². The molecule has 0 spiro atoms. The largest absolute Gasteiger partial charge is 0.498 e. The van der Waals surface area contributed by atoms with Crippen LogP contribution in [0.2, 0.25) is 5.15 Å². The van der Waals surface area contributed by atoms with Gasteiger partial charge in [0.05, 0.1) is 24.4 Å². The molecule has 0 atom stereocenters. The molecule has 0 N–H and O–H groups in total. The molecule has 0 unspecified atom stereocenters. The quantitative estimate of drug-likeness (QED) is 0.619. The Bertz CT molecular complexity index is 515. The van der Waals surface area contributed by atoms with Crippen molar-refractivity contribution in [3.05, 3.63) is 23.0 Å². The van der Waals surface area contributed by atoms with Gasteiger partial charge in [0.15, 0.2) is 0 Å². The molecule has 0 amide bonds. The van der Waals surface area contributed by atoms with E-state index < -0.39 is 7.12 Å². The summed E-state index contributed by atoms with van der Waals surface area (Å²) in [7, 11) is -0.466. The molecule has 2 aliphatic rings. The smallest absolute Gasteiger partial charge is 0.399 e. The Morgan fingerprint density at radius 3 is 2.20 bits per heavy atom. The second-order valence-electron chi connectivity index (χ2n) is 6.44. The lowest BCUT2D eigenvalue weighted by Crippen LogP contribution is -2.41. The van der Waals surface area contributed by atoms with Crippen molar-refractivity contribution >= 4 is 24.2 Å². The molecule has 4 nitrogen and oxygen atoms in total. The molecule has 20 heavy (non-hydrogen) atoms. The van der Waals surface area contributed by atoms with E-state index in [0.717, 1.165) is 24.4 Å². The van der Waals surface area contributed by atoms with Crippen molar-refractivity contribution in [2.24, 2.45) is 0 Å². The van der Waals surface area contributed by atoms with Crippen LogP contribution in [-0.2, 0) is 14.0 Å². The normalized spacial score (nSPS) is 24.8. The van der Waals surface area contributed by atoms with Crippen LogP contribution >= 0.6 is 11.6 Å². The first kappa shape index (κ1) is 14.3. The molecule has 1 aromatic heterocycles. The summed E-state index contributed by atoms with van der Waals surface area (Å²) in [5.74, 6) is 0.361. The Labute approximate surface area is 124 Å². The van der Waals surface area contributed by atoms with Crippen LogP contribution < -0.4 is 5.46 Å². The van der Waals surface area contributed by atoms with Gasteiger partial charge in [0.1, 0.15) is 5.15 Å². The van der Waals surface area contributed by atoms with Crippen LogP contribution in [-0.4, -0.2) is 36.5 Å². The molecule has 2 aliphatic heterocycles. The van der Waals surface area contributed by atoms with E-state index in [1.807, 2.05) is 39.8 Å². The first-order chi connectivity index (χ1) is 9.30. The highest BCUT2D eigenvalue weighted by Gasteiger charge is 2.52. The highest BCUT2D eigenvalue weighted by atomic mass is 35.5. The van der Waals surface area contributed by atoms with Crippen LogP contribution in [0.15, 0.2) is 12.1 Å². The van der Waals surface area contributed by atoms with Crippen LogP contribution in [0.1, 0.15) is 39.3 Å². The number of pyridine rings is 1. The van der Waals surface area contributed by atoms with Gasteiger partial charge in [-0.25, -0.2) is 4.98 Å². The van der Waals surface area contributed by atoms with Gasteiger partial charge in [0.2, 0.25) is 0 Å². The second kappa shape index (κ2) is 4.70. The molecule has 0 saturated carbocycles. The van der Waals surface area contributed by atoms with Gasteiger partial charge < -0.3 is 14.0 Å². The Hall–Kier alpha value is -0.615. The van der Waals surface area contributed by atoms with E-state index in [4.69, 9.17) is 25.6 Å². The molecule has 3 heterocycles. The Balaban J connectivity index is 1.85. The zero-order valence-corrected chi connectivity index (χ0v) is 13.0. The SMILES string of the molecule is CC1(C)OB(c2ccc(C3COC3)nc2Cl)OC1(C)C. The fourth-order valence-corrected chi connectivity index (χ4v) is 2.49. The molecule has 6 heteroatoms. The Morgan fingerprint density at radius 1 is 1.15 bits per heavy atom. The number of halogens is 1. The van der Waals surface area contributed by atoms with Crippen molar-refractivity contribution in [1.82, 2.24) is 4.98 Å². The molecule has 3 rings (SSSR count). The summed E-state index contributed by atoms with van der Waals surface area (Å²) in [4.78, 5) is 4.46. The first-order valence-corrected chi connectivity index (χ1v) is 7.28. The summed E-state index contributed by atoms with van der Waals surface area (Å²) in [6.45, 7) is 9.53. The number of hydrogen-bond acceptors (Lipinski definition) is 4. The average molecular weight is 296 g/mol. The third-order valence-electron chi connectivity index (χ3n) is 4.46. The van der Waals surface area contributed by atoms with E-state index in [1.54, 1.807) is 0 Å². The number of ether oxygens (including phenoxy) is 1. The number of hydrogen-bond donors (Lipinski definition) is 0. The van der Waals surface area contributed by atoms with Gasteiger partial charge in [-0.1, -0.05) is 17.7 Å². The van der Waals surface area contributed by atoms with Crippen LogP contribution in [0, 0.1) is 0 Å². The maximum Gasteiger partial charge on any atom is 0.498 e. The van der Waals surface area contributed by atoms with Gasteiger partial charge in [-0.3, -0.25) is 0 Å². The molecule has 1 aromatic rings. The zero-order valence-electron chi connectivity index (χ0n) is 12.3. The predicted molar refractivity (Wildman–Crippen MR) is 78.5 cm³/mol. The molecular formula is C14H19BClNO3. The second-order valence-corrected chi connectivity index (χ2v) is 6.80. The van der Waals surface area contributed by atoms with E-state index in [1.165, 1.54) is 0 Å². The highest BCUT2D eigenvalue weighted by molar-refractivity contribution is 6.65. The lowest BCUT2D eigenvalue weighted by Gasteiger charge is -2.32. The molecular weight excluding hydrogens is 276 g/mol. The third kappa shape index (κ3) is 2.27. The summed E-state index contributed by atoms with van der Waals surface area (Å²) in [6.07, 6.45) is 0. The van der Waals surface area contributed by atoms with Crippen molar-refractivity contribution in [3.8, 4) is 0 Å². The maximum atomic E-state index is 6.31. The van der Waals surface area contributed by atoms with Crippen LogP contribution in [0.3, 0.4) is 0 Å². The van der Waals surface area contributed by atoms with E-state index in [-0.39, 0.29) is 11.2 Å². The fourth-order valence-electron chi connectivity index (χ4n) is 2.24. The monoisotopic (exact) mass is 295 g/mol. The number of rotatable bonds is 2. The number of aromatic nitrogens is 1. The minimum atomic E-state index is -0.466. The minimum Gasteiger partial charge on any atom is -0.399 e. The van der Waals surface area contributed by atoms with Gasteiger partial charge in [-0.2, -0.15) is 0 Å². The lowest BCUT2D eigenvalue weighted by atomic mass is 9.80. The van der Waals surface area contributed by atoms with Crippen LogP contribution in [0.4, 0.5) is 0 Å². The summed E-state index contributed by atoms with van der Waals surface area (Å²) in [5, 5.41) is 0.452. The van der Waals surface area contributed by atoms with Crippen molar-refractivity contribution in [3.63, 3.8) is 0 Å². The standard InChI is InChI=1S/C14H19BClNO3/c1-13(2)14(3,4)20-15(19-13)10-5-6-11(17-12(10)16)9-7-18-8-9/h5-6,9H,7-8H2,1-4H3. The van der Waals surface area contributed by atoms with E-state index in [0.29, 0.717) is 11.1 Å². The van der Waals surface area contributed by atoms with Crippen molar-refractivity contribution in [1.29, 1.82) is 0 Å². The van der Waals surface area contributed by atoms with Crippen LogP contribution in [0.25, 0.3) is 0 Å². The molecule has 0 aromatic carbocycles. The zero-order chi connectivity index (χ0) is 14.5. The molecule has 0 radical (unpaired) electrons. The van der Waals surface area contributed by atoms with Gasteiger partial charge in [-0.15, -0.1) is 0 Å². The van der Waals surface area contributed by atoms with Crippen molar-refractivity contribution < 1.29 is 14.0 Å². The van der Waals surface area contributed by atoms with Gasteiger partial charge in [0, 0.05) is 17.1 Å². The predicted octanol–water partition coefficient (Wildman–Crippen LogP) is 2.15. The Morgan fingerprint density at radius 2 is 1.75 bits per heavy atom. The average Bonchev–Trinajstić information content (AvgIpc) is 2.45. The molecule has 2 saturated heterocycles. The minimum absolute atomic E-state index is 0.361. The molecule has 108 valence electrons.